The normalized spacial score (nSPS) is 20.9. The number of carbonyl (C=O) groups is 4. The molecule has 0 spiro atoms. The summed E-state index contributed by atoms with van der Waals surface area (Å²) >= 11 is 0. The van der Waals surface area contributed by atoms with Crippen LogP contribution in [0.5, 0.6) is 5.75 Å². The lowest BCUT2D eigenvalue weighted by molar-refractivity contribution is -0.136. The van der Waals surface area contributed by atoms with Crippen molar-refractivity contribution < 1.29 is 33.4 Å². The van der Waals surface area contributed by atoms with E-state index in [4.69, 9.17) is 19.2 Å². The molecule has 340 valence electrons. The van der Waals surface area contributed by atoms with Gasteiger partial charge in [0.1, 0.15) is 29.8 Å². The van der Waals surface area contributed by atoms with Crippen molar-refractivity contribution >= 4 is 40.6 Å². The number of benzene rings is 3. The van der Waals surface area contributed by atoms with Crippen molar-refractivity contribution in [2.24, 2.45) is 11.8 Å². The largest absolute Gasteiger partial charge is 0.465 e. The lowest BCUT2D eigenvalue weighted by Gasteiger charge is -2.34. The second kappa shape index (κ2) is 17.9. The minimum atomic E-state index is -0.712. The summed E-state index contributed by atoms with van der Waals surface area (Å²) in [6.45, 7) is 8.82. The van der Waals surface area contributed by atoms with Crippen LogP contribution in [0.4, 0.5) is 9.59 Å². The number of imidazole rings is 1. The van der Waals surface area contributed by atoms with E-state index in [1.54, 1.807) is 0 Å². The van der Waals surface area contributed by atoms with Gasteiger partial charge in [0.15, 0.2) is 0 Å². The number of amides is 4. The molecule has 4 unspecified atom stereocenters. The predicted molar refractivity (Wildman–Crippen MR) is 245 cm³/mol. The number of carbonyl (C=O) groups excluding carboxylic acids is 4. The van der Waals surface area contributed by atoms with Crippen LogP contribution in [0.25, 0.3) is 39.1 Å². The molecule has 6 atom stereocenters. The van der Waals surface area contributed by atoms with E-state index in [-0.39, 0.29) is 41.9 Å². The number of likely N-dealkylation sites (tertiary alicyclic amines) is 2. The van der Waals surface area contributed by atoms with Crippen molar-refractivity contribution in [3.8, 4) is 28.3 Å². The number of H-pyrrole nitrogens is 1. The average molecular weight is 884 g/mol. The Hall–Kier alpha value is -6.97. The maximum atomic E-state index is 13.8. The summed E-state index contributed by atoms with van der Waals surface area (Å²) in [6.07, 6.45) is 5.15. The highest BCUT2D eigenvalue weighted by atomic mass is 16.5. The van der Waals surface area contributed by atoms with Crippen molar-refractivity contribution in [3.05, 3.63) is 102 Å². The quantitative estimate of drug-likeness (QED) is 0.0939. The number of nitrogens with zero attached hydrogens (tertiary/aromatic N) is 4. The van der Waals surface area contributed by atoms with E-state index in [1.165, 1.54) is 14.2 Å². The van der Waals surface area contributed by atoms with Gasteiger partial charge in [-0.2, -0.15) is 0 Å². The predicted octanol–water partition coefficient (Wildman–Crippen LogP) is 6.87. The van der Waals surface area contributed by atoms with E-state index in [9.17, 15) is 19.2 Å². The molecule has 5 aromatic rings. The number of aromatic amines is 1. The van der Waals surface area contributed by atoms with E-state index in [2.05, 4.69) is 85.4 Å². The summed E-state index contributed by atoms with van der Waals surface area (Å²) in [6, 6.07) is 23.3. The van der Waals surface area contributed by atoms with Gasteiger partial charge in [0, 0.05) is 46.9 Å². The van der Waals surface area contributed by atoms with Gasteiger partial charge in [0.05, 0.1) is 55.1 Å². The van der Waals surface area contributed by atoms with Gasteiger partial charge < -0.3 is 54.8 Å². The Morgan fingerprint density at radius 2 is 1.48 bits per heavy atom. The Morgan fingerprint density at radius 1 is 0.800 bits per heavy atom. The molecule has 4 aliphatic rings. The van der Waals surface area contributed by atoms with Gasteiger partial charge in [-0.1, -0.05) is 70.2 Å². The molecule has 3 aromatic carbocycles. The molecule has 65 heavy (non-hydrogen) atoms. The number of alkyl carbamates (subject to hydrolysis) is 2. The number of rotatable bonds is 11. The zero-order valence-electron chi connectivity index (χ0n) is 37.6. The van der Waals surface area contributed by atoms with Crippen LogP contribution in [0.3, 0.4) is 0 Å². The van der Waals surface area contributed by atoms with Gasteiger partial charge in [-0.05, 0) is 67.9 Å². The van der Waals surface area contributed by atoms with Gasteiger partial charge in [-0.15, -0.1) is 0 Å². The molecule has 4 aliphatic heterocycles. The number of aromatic nitrogens is 3. The van der Waals surface area contributed by atoms with E-state index in [0.29, 0.717) is 18.9 Å². The first-order valence-corrected chi connectivity index (χ1v) is 22.5. The van der Waals surface area contributed by atoms with E-state index in [0.717, 1.165) is 81.7 Å². The van der Waals surface area contributed by atoms with Gasteiger partial charge in [-0.25, -0.2) is 14.6 Å². The zero-order valence-corrected chi connectivity index (χ0v) is 37.6. The molecule has 0 radical (unpaired) electrons. The zero-order chi connectivity index (χ0) is 45.5. The Labute approximate surface area is 378 Å². The number of hydrogen-bond donors (Lipinski definition) is 5. The first kappa shape index (κ1) is 43.3. The van der Waals surface area contributed by atoms with Crippen LogP contribution >= 0.6 is 0 Å². The molecule has 2 saturated heterocycles. The number of hydrogen-bond acceptors (Lipinski definition) is 10. The molecule has 0 aliphatic carbocycles. The van der Waals surface area contributed by atoms with Crippen molar-refractivity contribution in [3.63, 3.8) is 0 Å². The van der Waals surface area contributed by atoms with Crippen LogP contribution in [0.2, 0.25) is 0 Å². The third-order valence-corrected chi connectivity index (χ3v) is 13.2. The molecule has 2 fully saturated rings. The molecule has 5 N–H and O–H groups in total. The minimum Gasteiger partial charge on any atom is -0.465 e. The second-order valence-corrected chi connectivity index (χ2v) is 17.9. The Kier molecular flexibility index (Phi) is 11.9. The fourth-order valence-electron chi connectivity index (χ4n) is 9.80. The van der Waals surface area contributed by atoms with E-state index in [1.807, 2.05) is 68.1 Å². The number of methoxy groups -OCH3 is 2. The van der Waals surface area contributed by atoms with Gasteiger partial charge in [-0.3, -0.25) is 9.59 Å². The molecule has 2 aromatic heterocycles. The summed E-state index contributed by atoms with van der Waals surface area (Å²) < 4.78 is 18.8. The number of fused-ring (bicyclic) bond motifs is 5. The summed E-state index contributed by atoms with van der Waals surface area (Å²) in [5.74, 6) is 0.951. The van der Waals surface area contributed by atoms with Crippen LogP contribution in [-0.2, 0) is 19.1 Å². The molecule has 0 saturated carbocycles. The van der Waals surface area contributed by atoms with Crippen molar-refractivity contribution in [2.75, 3.05) is 27.3 Å². The monoisotopic (exact) mass is 883 g/mol. The molecule has 9 rings (SSSR count). The van der Waals surface area contributed by atoms with Crippen molar-refractivity contribution in [1.29, 1.82) is 0 Å². The van der Waals surface area contributed by atoms with Crippen molar-refractivity contribution in [1.82, 2.24) is 45.6 Å². The highest BCUT2D eigenvalue weighted by molar-refractivity contribution is 5.93. The average Bonchev–Trinajstić information content (AvgIpc) is 4.18. The standard InChI is InChI=1S/C49H57N9O7/c1-27(2)41(54-48(61)63-5)45(59)56-20-10-14-37(56)43-50-25-34(52-43)30-17-19-36-32(22-30)23-39-33-18-16-31(24-40(33)65-47(58(36)39)29-12-8-7-9-13-29)35-26-51-44(53-35)38-15-11-21-57(38)46(60)42(28(3)4)55-49(62)64-6/h7-9,12-13,16-19,22-28,37-38,41-42,44,47,51,53H,10-11,14-15,20-21H2,1-6H3,(H,50,52)(H,54,61)(H,55,62)/t37?,38-,41?,42?,44?,47-/m0/s1. The fourth-order valence-corrected chi connectivity index (χ4v) is 9.80. The number of nitrogens with one attached hydrogen (secondary N) is 5. The van der Waals surface area contributed by atoms with E-state index >= 15 is 0 Å². The topological polar surface area (TPSA) is 184 Å². The molecule has 0 bridgehead atoms. The maximum Gasteiger partial charge on any atom is 0.407 e. The van der Waals surface area contributed by atoms with Crippen molar-refractivity contribution in [2.45, 2.75) is 89.9 Å². The van der Waals surface area contributed by atoms with Crippen LogP contribution in [0.1, 0.15) is 82.6 Å². The highest BCUT2D eigenvalue weighted by Crippen LogP contribution is 2.46. The maximum absolute atomic E-state index is 13.8. The van der Waals surface area contributed by atoms with Crippen LogP contribution < -0.4 is 26.0 Å². The van der Waals surface area contributed by atoms with Gasteiger partial charge in [0.2, 0.25) is 18.0 Å². The summed E-state index contributed by atoms with van der Waals surface area (Å²) in [7, 11) is 2.59. The van der Waals surface area contributed by atoms with Gasteiger partial charge >= 0.3 is 12.2 Å². The lowest BCUT2D eigenvalue weighted by Crippen LogP contribution is -2.57. The summed E-state index contributed by atoms with van der Waals surface area (Å²) in [4.78, 5) is 63.8. The second-order valence-electron chi connectivity index (χ2n) is 17.9. The fraction of sp³-hybridized carbons (Fsp3) is 0.408. The Bertz CT molecular complexity index is 2640. The molecule has 16 heteroatoms. The highest BCUT2D eigenvalue weighted by Gasteiger charge is 2.41. The van der Waals surface area contributed by atoms with Gasteiger partial charge in [0.25, 0.3) is 0 Å². The molecule has 6 heterocycles. The SMILES string of the molecule is COC(=O)NC(C(=O)N1CCCC1c1ncc(-c2ccc3c(c2)cc2n3[C@H](c3ccccc3)Oc3cc(C4=CNC([C@@H]5CCCN5C(=O)C(NC(=O)OC)C(C)C)N4)ccc3-2)[nH]1)C(C)C. The smallest absolute Gasteiger partial charge is 0.407 e. The Balaban J connectivity index is 0.973. The number of ether oxygens (including phenoxy) is 3. The lowest BCUT2D eigenvalue weighted by atomic mass is 10.0. The first-order chi connectivity index (χ1) is 31.4. The Morgan fingerprint density at radius 3 is 2.18 bits per heavy atom. The molecule has 16 nitrogen and oxygen atoms in total. The first-order valence-electron chi connectivity index (χ1n) is 22.5. The van der Waals surface area contributed by atoms with Crippen LogP contribution in [0.15, 0.2) is 85.2 Å². The third kappa shape index (κ3) is 8.21. The van der Waals surface area contributed by atoms with Crippen LogP contribution in [-0.4, -0.2) is 99.9 Å². The third-order valence-electron chi connectivity index (χ3n) is 13.2. The van der Waals surface area contributed by atoms with E-state index < -0.39 is 30.5 Å². The molecule has 4 amide bonds. The molecular weight excluding hydrogens is 827 g/mol. The molecular formula is C49H57N9O7. The summed E-state index contributed by atoms with van der Waals surface area (Å²) in [5.41, 5.74) is 7.64. The van der Waals surface area contributed by atoms with Crippen LogP contribution in [0, 0.1) is 11.8 Å². The summed E-state index contributed by atoms with van der Waals surface area (Å²) in [5, 5.41) is 13.6. The minimum absolute atomic E-state index is 0.113.